The maximum Gasteiger partial charge on any atom is 0.0687 e. The fraction of sp³-hybridized carbons (Fsp3) is 0.0769. The van der Waals surface area contributed by atoms with E-state index in [1.54, 1.807) is 0 Å². The van der Waals surface area contributed by atoms with Crippen LogP contribution in [-0.4, -0.2) is 5.11 Å². The van der Waals surface area contributed by atoms with Crippen molar-refractivity contribution in [2.24, 2.45) is 0 Å². The van der Waals surface area contributed by atoms with E-state index in [0.29, 0.717) is 0 Å². The molecule has 0 bridgehead atoms. The fourth-order valence-corrected chi connectivity index (χ4v) is 2.12. The minimum Gasteiger partial charge on any atom is -0.392 e. The summed E-state index contributed by atoms with van der Waals surface area (Å²) in [4.78, 5) is 0. The lowest BCUT2D eigenvalue weighted by Gasteiger charge is -2.06. The molecule has 1 heteroatoms. The SMILES string of the molecule is OCc1ccc2c3c(cccc13)C=C2. The molecule has 0 fully saturated rings. The molecular formula is C13H10O. The van der Waals surface area contributed by atoms with Crippen molar-refractivity contribution in [1.82, 2.24) is 0 Å². The molecule has 0 saturated heterocycles. The highest BCUT2D eigenvalue weighted by Gasteiger charge is 2.10. The standard InChI is InChI=1S/C13H10O/c14-8-11-7-6-10-5-4-9-2-1-3-12(11)13(9)10/h1-7,14H,8H2. The largest absolute Gasteiger partial charge is 0.392 e. The second kappa shape index (κ2) is 2.69. The van der Waals surface area contributed by atoms with Crippen molar-refractivity contribution in [3.05, 3.63) is 47.0 Å². The van der Waals surface area contributed by atoms with Crippen LogP contribution in [0.2, 0.25) is 0 Å². The quantitative estimate of drug-likeness (QED) is 0.613. The summed E-state index contributed by atoms with van der Waals surface area (Å²) < 4.78 is 0. The number of aliphatic hydroxyl groups excluding tert-OH is 1. The van der Waals surface area contributed by atoms with Crippen LogP contribution in [0.15, 0.2) is 30.3 Å². The lowest BCUT2D eigenvalue weighted by molar-refractivity contribution is 0.283. The zero-order valence-electron chi connectivity index (χ0n) is 7.70. The van der Waals surface area contributed by atoms with Crippen LogP contribution in [-0.2, 0) is 6.61 Å². The van der Waals surface area contributed by atoms with E-state index in [4.69, 9.17) is 0 Å². The summed E-state index contributed by atoms with van der Waals surface area (Å²) in [5.41, 5.74) is 3.52. The van der Waals surface area contributed by atoms with Crippen LogP contribution >= 0.6 is 0 Å². The van der Waals surface area contributed by atoms with E-state index in [9.17, 15) is 5.11 Å². The Labute approximate surface area is 82.3 Å². The van der Waals surface area contributed by atoms with E-state index in [2.05, 4.69) is 30.4 Å². The molecule has 0 aliphatic heterocycles. The fourth-order valence-electron chi connectivity index (χ4n) is 2.12. The number of aliphatic hydroxyl groups is 1. The number of hydrogen-bond donors (Lipinski definition) is 1. The minimum absolute atomic E-state index is 0.111. The number of benzene rings is 2. The van der Waals surface area contributed by atoms with Gasteiger partial charge >= 0.3 is 0 Å². The first kappa shape index (κ1) is 7.77. The number of rotatable bonds is 1. The van der Waals surface area contributed by atoms with E-state index >= 15 is 0 Å². The van der Waals surface area contributed by atoms with Gasteiger partial charge in [0.15, 0.2) is 0 Å². The summed E-state index contributed by atoms with van der Waals surface area (Å²) in [5.74, 6) is 0. The van der Waals surface area contributed by atoms with Gasteiger partial charge in [-0.15, -0.1) is 0 Å². The van der Waals surface area contributed by atoms with Crippen molar-refractivity contribution in [1.29, 1.82) is 0 Å². The molecule has 0 aromatic heterocycles. The van der Waals surface area contributed by atoms with Crippen LogP contribution in [0.25, 0.3) is 22.9 Å². The van der Waals surface area contributed by atoms with Crippen LogP contribution in [0, 0.1) is 0 Å². The van der Waals surface area contributed by atoms with Crippen LogP contribution in [0.4, 0.5) is 0 Å². The van der Waals surface area contributed by atoms with Gasteiger partial charge in [0.25, 0.3) is 0 Å². The van der Waals surface area contributed by atoms with Crippen molar-refractivity contribution in [3.8, 4) is 0 Å². The van der Waals surface area contributed by atoms with Gasteiger partial charge in [-0.25, -0.2) is 0 Å². The molecule has 1 aliphatic carbocycles. The Kier molecular flexibility index (Phi) is 1.49. The van der Waals surface area contributed by atoms with Gasteiger partial charge in [-0.2, -0.15) is 0 Å². The minimum atomic E-state index is 0.111. The zero-order chi connectivity index (χ0) is 9.54. The molecule has 2 aromatic carbocycles. The third-order valence-electron chi connectivity index (χ3n) is 2.81. The Morgan fingerprint density at radius 3 is 2.50 bits per heavy atom. The lowest BCUT2D eigenvalue weighted by atomic mass is 10.00. The molecule has 0 spiro atoms. The van der Waals surface area contributed by atoms with E-state index in [1.165, 1.54) is 21.9 Å². The third-order valence-corrected chi connectivity index (χ3v) is 2.81. The molecule has 0 unspecified atom stereocenters. The Bertz CT molecular complexity index is 526. The van der Waals surface area contributed by atoms with Gasteiger partial charge in [-0.05, 0) is 27.5 Å². The van der Waals surface area contributed by atoms with Crippen LogP contribution in [0.3, 0.4) is 0 Å². The average Bonchev–Trinajstić information content (AvgIpc) is 2.65. The predicted octanol–water partition coefficient (Wildman–Crippen LogP) is 2.82. The topological polar surface area (TPSA) is 20.2 Å². The molecule has 0 atom stereocenters. The van der Waals surface area contributed by atoms with Crippen molar-refractivity contribution in [2.45, 2.75) is 6.61 Å². The van der Waals surface area contributed by atoms with Crippen molar-refractivity contribution < 1.29 is 5.11 Å². The number of hydrogen-bond acceptors (Lipinski definition) is 1. The highest BCUT2D eigenvalue weighted by Crippen LogP contribution is 2.32. The highest BCUT2D eigenvalue weighted by molar-refractivity contribution is 6.05. The van der Waals surface area contributed by atoms with E-state index in [0.717, 1.165) is 5.56 Å². The first-order valence-corrected chi connectivity index (χ1v) is 4.74. The molecule has 1 N–H and O–H groups in total. The van der Waals surface area contributed by atoms with Crippen LogP contribution < -0.4 is 0 Å². The molecule has 68 valence electrons. The molecule has 0 heterocycles. The Morgan fingerprint density at radius 1 is 0.929 bits per heavy atom. The molecule has 0 radical (unpaired) electrons. The Balaban J connectivity index is 2.51. The molecule has 3 rings (SSSR count). The normalized spacial score (nSPS) is 12.6. The summed E-state index contributed by atoms with van der Waals surface area (Å²) in [6, 6.07) is 10.3. The molecule has 2 aromatic rings. The zero-order valence-corrected chi connectivity index (χ0v) is 7.70. The maximum atomic E-state index is 9.22. The maximum absolute atomic E-state index is 9.22. The average molecular weight is 182 g/mol. The Morgan fingerprint density at radius 2 is 1.71 bits per heavy atom. The van der Waals surface area contributed by atoms with Crippen molar-refractivity contribution in [2.75, 3.05) is 0 Å². The molecule has 1 nitrogen and oxygen atoms in total. The van der Waals surface area contributed by atoms with Gasteiger partial charge in [-0.1, -0.05) is 42.5 Å². The van der Waals surface area contributed by atoms with Crippen molar-refractivity contribution >= 4 is 22.9 Å². The summed E-state index contributed by atoms with van der Waals surface area (Å²) in [7, 11) is 0. The first-order chi connectivity index (χ1) is 6.90. The second-order valence-corrected chi connectivity index (χ2v) is 3.58. The van der Waals surface area contributed by atoms with Crippen molar-refractivity contribution in [3.63, 3.8) is 0 Å². The van der Waals surface area contributed by atoms with Crippen LogP contribution in [0.1, 0.15) is 16.7 Å². The van der Waals surface area contributed by atoms with Gasteiger partial charge in [0.2, 0.25) is 0 Å². The monoisotopic (exact) mass is 182 g/mol. The smallest absolute Gasteiger partial charge is 0.0687 e. The van der Waals surface area contributed by atoms with E-state index in [-0.39, 0.29) is 6.61 Å². The molecule has 1 aliphatic rings. The van der Waals surface area contributed by atoms with Crippen LogP contribution in [0.5, 0.6) is 0 Å². The van der Waals surface area contributed by atoms with E-state index in [1.807, 2.05) is 12.1 Å². The Hall–Kier alpha value is -1.60. The first-order valence-electron chi connectivity index (χ1n) is 4.74. The third kappa shape index (κ3) is 0.875. The van der Waals surface area contributed by atoms with Gasteiger partial charge in [0.1, 0.15) is 0 Å². The van der Waals surface area contributed by atoms with Gasteiger partial charge in [0.05, 0.1) is 6.61 Å². The van der Waals surface area contributed by atoms with Gasteiger partial charge in [-0.3, -0.25) is 0 Å². The van der Waals surface area contributed by atoms with E-state index < -0.39 is 0 Å². The predicted molar refractivity (Wildman–Crippen MR) is 58.8 cm³/mol. The summed E-state index contributed by atoms with van der Waals surface area (Å²) >= 11 is 0. The summed E-state index contributed by atoms with van der Waals surface area (Å²) in [6.45, 7) is 0.111. The van der Waals surface area contributed by atoms with Gasteiger partial charge < -0.3 is 5.11 Å². The lowest BCUT2D eigenvalue weighted by Crippen LogP contribution is -1.87. The second-order valence-electron chi connectivity index (χ2n) is 3.58. The van der Waals surface area contributed by atoms with Gasteiger partial charge in [0, 0.05) is 0 Å². The highest BCUT2D eigenvalue weighted by atomic mass is 16.3. The molecule has 0 amide bonds. The molecule has 14 heavy (non-hydrogen) atoms. The molecular weight excluding hydrogens is 172 g/mol. The summed E-state index contributed by atoms with van der Waals surface area (Å²) in [6.07, 6.45) is 4.25. The summed E-state index contributed by atoms with van der Waals surface area (Å²) in [5, 5.41) is 11.7. The molecule has 0 saturated carbocycles.